The molecule has 1 fully saturated rings. The minimum atomic E-state index is -3.47. The standard InChI is InChI=1S/C14H22FN3O2S/c15-14-5-1-3-12(9-14)6-7-17-21(19,20)18-8-2-4-13(10-16)11-18/h1,3,5,9,13,17H,2,4,6-8,10-11,16H2. The molecule has 0 aromatic heterocycles. The van der Waals surface area contributed by atoms with Crippen LogP contribution in [0.5, 0.6) is 0 Å². The van der Waals surface area contributed by atoms with Crippen LogP contribution < -0.4 is 10.5 Å². The predicted octanol–water partition coefficient (Wildman–Crippen LogP) is 0.873. The highest BCUT2D eigenvalue weighted by atomic mass is 32.2. The number of halogens is 1. The van der Waals surface area contributed by atoms with Crippen LogP contribution in [-0.4, -0.2) is 38.9 Å². The first-order valence-corrected chi connectivity index (χ1v) is 8.64. The number of nitrogens with one attached hydrogen (secondary N) is 1. The van der Waals surface area contributed by atoms with E-state index < -0.39 is 10.2 Å². The van der Waals surface area contributed by atoms with Crippen molar-refractivity contribution >= 4 is 10.2 Å². The summed E-state index contributed by atoms with van der Waals surface area (Å²) < 4.78 is 41.5. The molecule has 1 aromatic rings. The second kappa shape index (κ2) is 7.31. The Morgan fingerprint density at radius 1 is 1.43 bits per heavy atom. The monoisotopic (exact) mass is 315 g/mol. The summed E-state index contributed by atoms with van der Waals surface area (Å²) in [5, 5.41) is 0. The molecule has 1 aromatic carbocycles. The average molecular weight is 315 g/mol. The van der Waals surface area contributed by atoms with Gasteiger partial charge in [-0.2, -0.15) is 12.7 Å². The van der Waals surface area contributed by atoms with Crippen LogP contribution in [0.2, 0.25) is 0 Å². The highest BCUT2D eigenvalue weighted by molar-refractivity contribution is 7.87. The Labute approximate surface area is 125 Å². The van der Waals surface area contributed by atoms with Crippen LogP contribution in [-0.2, 0) is 16.6 Å². The van der Waals surface area contributed by atoms with Gasteiger partial charge in [0, 0.05) is 19.6 Å². The maximum atomic E-state index is 13.0. The van der Waals surface area contributed by atoms with Gasteiger partial charge in [-0.05, 0) is 49.4 Å². The van der Waals surface area contributed by atoms with Crippen molar-refractivity contribution in [2.75, 3.05) is 26.2 Å². The fraction of sp³-hybridized carbons (Fsp3) is 0.571. The second-order valence-electron chi connectivity index (χ2n) is 5.38. The van der Waals surface area contributed by atoms with Gasteiger partial charge in [0.1, 0.15) is 5.82 Å². The van der Waals surface area contributed by atoms with E-state index in [9.17, 15) is 12.8 Å². The molecule has 0 radical (unpaired) electrons. The molecule has 2 rings (SSSR count). The highest BCUT2D eigenvalue weighted by Crippen LogP contribution is 2.17. The molecule has 3 N–H and O–H groups in total. The van der Waals surface area contributed by atoms with E-state index in [2.05, 4.69) is 4.72 Å². The number of piperidine rings is 1. The lowest BCUT2D eigenvalue weighted by atomic mass is 10.0. The summed E-state index contributed by atoms with van der Waals surface area (Å²) in [6.45, 7) is 1.78. The third kappa shape index (κ3) is 4.74. The van der Waals surface area contributed by atoms with E-state index in [0.29, 0.717) is 26.1 Å². The molecule has 1 saturated heterocycles. The van der Waals surface area contributed by atoms with Gasteiger partial charge >= 0.3 is 0 Å². The zero-order valence-corrected chi connectivity index (χ0v) is 12.8. The molecule has 1 heterocycles. The fourth-order valence-corrected chi connectivity index (χ4v) is 3.86. The van der Waals surface area contributed by atoms with Gasteiger partial charge in [0.2, 0.25) is 0 Å². The zero-order valence-electron chi connectivity index (χ0n) is 12.0. The van der Waals surface area contributed by atoms with E-state index in [1.54, 1.807) is 12.1 Å². The first kappa shape index (κ1) is 16.4. The number of hydrogen-bond donors (Lipinski definition) is 2. The van der Waals surface area contributed by atoms with Crippen LogP contribution in [0.15, 0.2) is 24.3 Å². The van der Waals surface area contributed by atoms with Crippen molar-refractivity contribution in [2.45, 2.75) is 19.3 Å². The molecule has 21 heavy (non-hydrogen) atoms. The van der Waals surface area contributed by atoms with Crippen molar-refractivity contribution in [2.24, 2.45) is 11.7 Å². The zero-order chi connectivity index (χ0) is 15.3. The Morgan fingerprint density at radius 3 is 2.95 bits per heavy atom. The van der Waals surface area contributed by atoms with Gasteiger partial charge in [0.15, 0.2) is 0 Å². The Bertz CT molecular complexity index is 565. The van der Waals surface area contributed by atoms with Crippen LogP contribution in [0.4, 0.5) is 4.39 Å². The van der Waals surface area contributed by atoms with Gasteiger partial charge in [0.25, 0.3) is 10.2 Å². The maximum absolute atomic E-state index is 13.0. The molecule has 0 spiro atoms. The molecule has 0 saturated carbocycles. The smallest absolute Gasteiger partial charge is 0.279 e. The second-order valence-corrected chi connectivity index (χ2v) is 7.14. The Hall–Kier alpha value is -1.02. The summed E-state index contributed by atoms with van der Waals surface area (Å²) in [4.78, 5) is 0. The largest absolute Gasteiger partial charge is 0.330 e. The normalized spacial score (nSPS) is 20.6. The Balaban J connectivity index is 1.86. The summed E-state index contributed by atoms with van der Waals surface area (Å²) in [5.41, 5.74) is 6.40. The molecule has 0 aliphatic carbocycles. The van der Waals surface area contributed by atoms with Crippen molar-refractivity contribution in [3.8, 4) is 0 Å². The number of hydrogen-bond acceptors (Lipinski definition) is 3. The molecule has 0 bridgehead atoms. The molecule has 1 atom stereocenters. The number of nitrogens with two attached hydrogens (primary N) is 1. The third-order valence-electron chi connectivity index (χ3n) is 3.74. The van der Waals surface area contributed by atoms with Gasteiger partial charge in [0.05, 0.1) is 0 Å². The van der Waals surface area contributed by atoms with E-state index in [4.69, 9.17) is 5.73 Å². The van der Waals surface area contributed by atoms with Crippen molar-refractivity contribution in [1.29, 1.82) is 0 Å². The lowest BCUT2D eigenvalue weighted by Gasteiger charge is -2.31. The molecular weight excluding hydrogens is 293 g/mol. The highest BCUT2D eigenvalue weighted by Gasteiger charge is 2.27. The topological polar surface area (TPSA) is 75.4 Å². The Kier molecular flexibility index (Phi) is 5.69. The van der Waals surface area contributed by atoms with E-state index in [1.807, 2.05) is 0 Å². The van der Waals surface area contributed by atoms with Crippen molar-refractivity contribution < 1.29 is 12.8 Å². The molecule has 0 amide bonds. The van der Waals surface area contributed by atoms with Crippen LogP contribution in [0.25, 0.3) is 0 Å². The molecule has 1 unspecified atom stereocenters. The van der Waals surface area contributed by atoms with Crippen molar-refractivity contribution in [3.05, 3.63) is 35.6 Å². The van der Waals surface area contributed by atoms with Gasteiger partial charge in [-0.1, -0.05) is 12.1 Å². The molecule has 5 nitrogen and oxygen atoms in total. The van der Waals surface area contributed by atoms with Gasteiger partial charge in [-0.15, -0.1) is 0 Å². The molecule has 7 heteroatoms. The average Bonchev–Trinajstić information content (AvgIpc) is 2.47. The summed E-state index contributed by atoms with van der Waals surface area (Å²) in [5.74, 6) is -0.0734. The van der Waals surface area contributed by atoms with Crippen LogP contribution in [0.1, 0.15) is 18.4 Å². The fourth-order valence-electron chi connectivity index (χ4n) is 2.55. The Morgan fingerprint density at radius 2 is 2.24 bits per heavy atom. The molecule has 118 valence electrons. The predicted molar refractivity (Wildman–Crippen MR) is 80.4 cm³/mol. The van der Waals surface area contributed by atoms with Crippen molar-refractivity contribution in [1.82, 2.24) is 9.03 Å². The number of rotatable bonds is 6. The minimum absolute atomic E-state index is 0.235. The van der Waals surface area contributed by atoms with E-state index in [0.717, 1.165) is 18.4 Å². The summed E-state index contributed by atoms with van der Waals surface area (Å²) in [7, 11) is -3.47. The van der Waals surface area contributed by atoms with Gasteiger partial charge in [-0.3, -0.25) is 0 Å². The minimum Gasteiger partial charge on any atom is -0.330 e. The van der Waals surface area contributed by atoms with Crippen molar-refractivity contribution in [3.63, 3.8) is 0 Å². The number of nitrogens with zero attached hydrogens (tertiary/aromatic N) is 1. The third-order valence-corrected chi connectivity index (χ3v) is 5.32. The molecular formula is C14H22FN3O2S. The summed E-state index contributed by atoms with van der Waals surface area (Å²) in [6.07, 6.45) is 2.28. The van der Waals surface area contributed by atoms with E-state index in [1.165, 1.54) is 16.4 Å². The van der Waals surface area contributed by atoms with E-state index in [-0.39, 0.29) is 18.3 Å². The quantitative estimate of drug-likeness (QED) is 0.818. The van der Waals surface area contributed by atoms with Gasteiger partial charge in [-0.25, -0.2) is 9.11 Å². The molecule has 1 aliphatic heterocycles. The van der Waals surface area contributed by atoms with Crippen LogP contribution >= 0.6 is 0 Å². The lowest BCUT2D eigenvalue weighted by molar-refractivity contribution is 0.269. The molecule has 1 aliphatic rings. The maximum Gasteiger partial charge on any atom is 0.279 e. The lowest BCUT2D eigenvalue weighted by Crippen LogP contribution is -2.47. The first-order chi connectivity index (χ1) is 10.0. The first-order valence-electron chi connectivity index (χ1n) is 7.20. The number of benzene rings is 1. The summed E-state index contributed by atoms with van der Waals surface area (Å²) in [6, 6.07) is 6.19. The SMILES string of the molecule is NCC1CCCN(S(=O)(=O)NCCc2cccc(F)c2)C1. The van der Waals surface area contributed by atoms with E-state index >= 15 is 0 Å². The summed E-state index contributed by atoms with van der Waals surface area (Å²) >= 11 is 0. The van der Waals surface area contributed by atoms with Crippen LogP contribution in [0, 0.1) is 11.7 Å². The van der Waals surface area contributed by atoms with Gasteiger partial charge < -0.3 is 5.73 Å². The van der Waals surface area contributed by atoms with Crippen LogP contribution in [0.3, 0.4) is 0 Å².